The monoisotopic (exact) mass is 345 g/mol. The third-order valence-electron chi connectivity index (χ3n) is 3.08. The minimum atomic E-state index is -4.29. The Bertz CT molecular complexity index is 708. The van der Waals surface area contributed by atoms with Gasteiger partial charge in [0.25, 0.3) is 0 Å². The zero-order valence-electron chi connectivity index (χ0n) is 12.2. The highest BCUT2D eigenvalue weighted by Gasteiger charge is 2.28. The van der Waals surface area contributed by atoms with Crippen molar-refractivity contribution in [2.45, 2.75) is 31.2 Å². The van der Waals surface area contributed by atoms with Crippen LogP contribution >= 0.6 is 11.3 Å². The van der Waals surface area contributed by atoms with Gasteiger partial charge in [-0.2, -0.15) is 0 Å². The lowest BCUT2D eigenvalue weighted by Gasteiger charge is -2.20. The average molecular weight is 345 g/mol. The molecule has 120 valence electrons. The molecule has 0 aliphatic rings. The Morgan fingerprint density at radius 3 is 2.27 bits per heavy atom. The molecule has 7 heteroatoms. The standard InChI is InChI=1S/C15H17F2NO2S2/c1-10(2)9-13(14-7-4-8-21-14)18-22(19,20)15-11(16)5-3-6-12(15)17/h3-8,10,13,18H,9H2,1-2H3. The highest BCUT2D eigenvalue weighted by Crippen LogP contribution is 2.28. The molecule has 0 aliphatic carbocycles. The van der Waals surface area contributed by atoms with Gasteiger partial charge in [-0.15, -0.1) is 11.3 Å². The average Bonchev–Trinajstić information content (AvgIpc) is 2.90. The number of rotatable bonds is 6. The third-order valence-corrected chi connectivity index (χ3v) is 5.59. The first-order chi connectivity index (χ1) is 10.3. The number of hydrogen-bond donors (Lipinski definition) is 1. The molecule has 0 fully saturated rings. The maximum Gasteiger partial charge on any atom is 0.247 e. The second kappa shape index (κ2) is 6.85. The van der Waals surface area contributed by atoms with Crippen molar-refractivity contribution in [3.8, 4) is 0 Å². The summed E-state index contributed by atoms with van der Waals surface area (Å²) >= 11 is 1.40. The molecule has 0 saturated carbocycles. The van der Waals surface area contributed by atoms with Gasteiger partial charge in [-0.05, 0) is 35.9 Å². The van der Waals surface area contributed by atoms with Gasteiger partial charge in [-0.25, -0.2) is 21.9 Å². The Hall–Kier alpha value is -1.31. The molecule has 0 aliphatic heterocycles. The smallest absolute Gasteiger partial charge is 0.207 e. The summed E-state index contributed by atoms with van der Waals surface area (Å²) < 4.78 is 54.7. The van der Waals surface area contributed by atoms with Crippen LogP contribution in [0.15, 0.2) is 40.6 Å². The van der Waals surface area contributed by atoms with E-state index < -0.39 is 32.6 Å². The lowest BCUT2D eigenvalue weighted by Crippen LogP contribution is -2.30. The molecular formula is C15H17F2NO2S2. The van der Waals surface area contributed by atoms with Gasteiger partial charge < -0.3 is 0 Å². The van der Waals surface area contributed by atoms with Crippen LogP contribution in [0.5, 0.6) is 0 Å². The third kappa shape index (κ3) is 3.91. The fourth-order valence-electron chi connectivity index (χ4n) is 2.17. The second-order valence-corrected chi connectivity index (χ2v) is 8.00. The molecule has 0 amide bonds. The van der Waals surface area contributed by atoms with E-state index in [9.17, 15) is 17.2 Å². The highest BCUT2D eigenvalue weighted by molar-refractivity contribution is 7.89. The molecule has 1 aromatic heterocycles. The molecule has 0 saturated heterocycles. The molecule has 1 atom stereocenters. The predicted molar refractivity (Wildman–Crippen MR) is 83.2 cm³/mol. The van der Waals surface area contributed by atoms with Gasteiger partial charge in [0.15, 0.2) is 4.90 Å². The molecule has 22 heavy (non-hydrogen) atoms. The first-order valence-electron chi connectivity index (χ1n) is 6.81. The van der Waals surface area contributed by atoms with Gasteiger partial charge in [0.1, 0.15) is 11.6 Å². The molecule has 1 aromatic carbocycles. The van der Waals surface area contributed by atoms with Gasteiger partial charge in [-0.1, -0.05) is 26.0 Å². The zero-order chi connectivity index (χ0) is 16.3. The maximum atomic E-state index is 13.7. The normalized spacial score (nSPS) is 13.5. The van der Waals surface area contributed by atoms with Crippen LogP contribution in [0.3, 0.4) is 0 Å². The Labute approximate surface area is 133 Å². The zero-order valence-corrected chi connectivity index (χ0v) is 13.8. The fourth-order valence-corrected chi connectivity index (χ4v) is 4.40. The van der Waals surface area contributed by atoms with Gasteiger partial charge in [0, 0.05) is 4.88 Å². The maximum absolute atomic E-state index is 13.7. The summed E-state index contributed by atoms with van der Waals surface area (Å²) in [6, 6.07) is 6.10. The predicted octanol–water partition coefficient (Wildman–Crippen LogP) is 4.09. The van der Waals surface area contributed by atoms with Crippen molar-refractivity contribution in [3.63, 3.8) is 0 Å². The molecule has 0 spiro atoms. The van der Waals surface area contributed by atoms with Crippen LogP contribution in [-0.2, 0) is 10.0 Å². The van der Waals surface area contributed by atoms with Crippen molar-refractivity contribution >= 4 is 21.4 Å². The van der Waals surface area contributed by atoms with Crippen molar-refractivity contribution in [2.75, 3.05) is 0 Å². The molecule has 1 heterocycles. The SMILES string of the molecule is CC(C)CC(NS(=O)(=O)c1c(F)cccc1F)c1cccs1. The van der Waals surface area contributed by atoms with E-state index in [-0.39, 0.29) is 5.92 Å². The molecule has 0 radical (unpaired) electrons. The number of hydrogen-bond acceptors (Lipinski definition) is 3. The molecule has 2 rings (SSSR count). The molecular weight excluding hydrogens is 328 g/mol. The molecule has 0 bridgehead atoms. The van der Waals surface area contributed by atoms with Crippen LogP contribution in [0.2, 0.25) is 0 Å². The van der Waals surface area contributed by atoms with Crippen LogP contribution in [0.1, 0.15) is 31.2 Å². The van der Waals surface area contributed by atoms with Crippen molar-refractivity contribution < 1.29 is 17.2 Å². The fraction of sp³-hybridized carbons (Fsp3) is 0.333. The van der Waals surface area contributed by atoms with Crippen LogP contribution in [-0.4, -0.2) is 8.42 Å². The Kier molecular flexibility index (Phi) is 5.31. The molecule has 3 nitrogen and oxygen atoms in total. The largest absolute Gasteiger partial charge is 0.247 e. The van der Waals surface area contributed by atoms with E-state index in [0.717, 1.165) is 23.1 Å². The summed E-state index contributed by atoms with van der Waals surface area (Å²) in [4.78, 5) is -0.116. The van der Waals surface area contributed by atoms with E-state index in [0.29, 0.717) is 6.42 Å². The van der Waals surface area contributed by atoms with Crippen molar-refractivity contribution in [2.24, 2.45) is 5.92 Å². The van der Waals surface area contributed by atoms with Crippen LogP contribution in [0.25, 0.3) is 0 Å². The van der Waals surface area contributed by atoms with E-state index in [1.54, 1.807) is 6.07 Å². The van der Waals surface area contributed by atoms with Gasteiger partial charge >= 0.3 is 0 Å². The molecule has 2 aromatic rings. The number of halogens is 2. The second-order valence-electron chi connectivity index (χ2n) is 5.37. The first kappa shape index (κ1) is 17.1. The van der Waals surface area contributed by atoms with Crippen LogP contribution in [0.4, 0.5) is 8.78 Å². The van der Waals surface area contributed by atoms with Gasteiger partial charge in [0.05, 0.1) is 6.04 Å². The topological polar surface area (TPSA) is 46.2 Å². The Morgan fingerprint density at radius 1 is 1.14 bits per heavy atom. The summed E-state index contributed by atoms with van der Waals surface area (Å²) in [5.74, 6) is -1.97. The number of benzene rings is 1. The summed E-state index contributed by atoms with van der Waals surface area (Å²) in [5.41, 5.74) is 0. The summed E-state index contributed by atoms with van der Waals surface area (Å²) in [5, 5.41) is 1.83. The lowest BCUT2D eigenvalue weighted by atomic mass is 10.0. The summed E-state index contributed by atoms with van der Waals surface area (Å²) in [6.45, 7) is 3.91. The quantitative estimate of drug-likeness (QED) is 0.857. The minimum absolute atomic E-state index is 0.222. The van der Waals surface area contributed by atoms with Crippen LogP contribution in [0, 0.1) is 17.6 Å². The lowest BCUT2D eigenvalue weighted by molar-refractivity contribution is 0.468. The van der Waals surface area contributed by atoms with E-state index in [1.165, 1.54) is 11.3 Å². The number of nitrogens with one attached hydrogen (secondary N) is 1. The highest BCUT2D eigenvalue weighted by atomic mass is 32.2. The first-order valence-corrected chi connectivity index (χ1v) is 9.17. The summed E-state index contributed by atoms with van der Waals surface area (Å²) in [6.07, 6.45) is 0.538. The summed E-state index contributed by atoms with van der Waals surface area (Å²) in [7, 11) is -4.29. The van der Waals surface area contributed by atoms with Crippen molar-refractivity contribution in [1.29, 1.82) is 0 Å². The van der Waals surface area contributed by atoms with Crippen LogP contribution < -0.4 is 4.72 Å². The van der Waals surface area contributed by atoms with Gasteiger partial charge in [0.2, 0.25) is 10.0 Å². The number of sulfonamides is 1. The van der Waals surface area contributed by atoms with E-state index in [2.05, 4.69) is 4.72 Å². The van der Waals surface area contributed by atoms with E-state index >= 15 is 0 Å². The Balaban J connectivity index is 2.36. The number of thiophene rings is 1. The van der Waals surface area contributed by atoms with Crippen molar-refractivity contribution in [1.82, 2.24) is 4.72 Å². The van der Waals surface area contributed by atoms with E-state index in [1.807, 2.05) is 25.3 Å². The molecule has 1 unspecified atom stereocenters. The minimum Gasteiger partial charge on any atom is -0.207 e. The van der Waals surface area contributed by atoms with E-state index in [4.69, 9.17) is 0 Å². The Morgan fingerprint density at radius 2 is 1.77 bits per heavy atom. The van der Waals surface area contributed by atoms with Gasteiger partial charge in [-0.3, -0.25) is 0 Å². The van der Waals surface area contributed by atoms with Crippen molar-refractivity contribution in [3.05, 3.63) is 52.2 Å². The molecule has 1 N–H and O–H groups in total.